The fourth-order valence-electron chi connectivity index (χ4n) is 4.49. The predicted molar refractivity (Wildman–Crippen MR) is 117 cm³/mol. The molecule has 0 aliphatic carbocycles. The Morgan fingerprint density at radius 2 is 2.00 bits per heavy atom. The van der Waals surface area contributed by atoms with Crippen molar-refractivity contribution >= 4 is 5.69 Å². The maximum absolute atomic E-state index is 5.52. The summed E-state index contributed by atoms with van der Waals surface area (Å²) >= 11 is 0. The summed E-state index contributed by atoms with van der Waals surface area (Å²) in [4.78, 5) is 4.12. The topological polar surface area (TPSA) is 64.4 Å². The molecular weight excluding hydrogens is 376 g/mol. The quantitative estimate of drug-likeness (QED) is 0.620. The van der Waals surface area contributed by atoms with Gasteiger partial charge < -0.3 is 14.2 Å². The van der Waals surface area contributed by atoms with Crippen LogP contribution in [0.3, 0.4) is 0 Å². The van der Waals surface area contributed by atoms with Crippen molar-refractivity contribution in [3.05, 3.63) is 59.3 Å². The van der Waals surface area contributed by atoms with Gasteiger partial charge >= 0.3 is 0 Å². The van der Waals surface area contributed by atoms with Crippen molar-refractivity contribution < 1.29 is 9.32 Å². The van der Waals surface area contributed by atoms with E-state index < -0.39 is 0 Å². The van der Waals surface area contributed by atoms with Gasteiger partial charge in [-0.15, -0.1) is 5.10 Å². The van der Waals surface area contributed by atoms with Crippen molar-refractivity contribution in [1.29, 1.82) is 0 Å². The lowest BCUT2D eigenvalue weighted by Gasteiger charge is -2.37. The molecule has 1 saturated heterocycles. The highest BCUT2D eigenvalue weighted by Gasteiger charge is 2.32. The van der Waals surface area contributed by atoms with E-state index in [4.69, 9.17) is 4.42 Å². The van der Waals surface area contributed by atoms with E-state index in [1.165, 1.54) is 29.7 Å². The highest BCUT2D eigenvalue weighted by molar-refractivity contribution is 5.55. The zero-order valence-corrected chi connectivity index (χ0v) is 18.3. The number of nitrogens with zero attached hydrogens (tertiary/aromatic N) is 5. The van der Waals surface area contributed by atoms with Gasteiger partial charge in [-0.05, 0) is 60.0 Å². The Hall–Kier alpha value is -2.67. The number of rotatable bonds is 8. The van der Waals surface area contributed by atoms with Crippen LogP contribution in [0.5, 0.6) is 0 Å². The van der Waals surface area contributed by atoms with E-state index >= 15 is 0 Å². The third kappa shape index (κ3) is 4.56. The van der Waals surface area contributed by atoms with E-state index in [0.717, 1.165) is 44.2 Å². The lowest BCUT2D eigenvalue weighted by atomic mass is 10.1. The first kappa shape index (κ1) is 20.6. The minimum atomic E-state index is 0.315. The van der Waals surface area contributed by atoms with Crippen LogP contribution >= 0.6 is 0 Å². The fraction of sp³-hybridized carbons (Fsp3) is 0.522. The average molecular weight is 410 g/mol. The van der Waals surface area contributed by atoms with Crippen LogP contribution < -0.4 is 9.80 Å². The molecule has 0 amide bonds. The number of unbranched alkanes of at least 4 members (excludes halogenated alkanes) is 1. The first-order chi connectivity index (χ1) is 14.7. The Balaban J connectivity index is 1.49. The van der Waals surface area contributed by atoms with Crippen molar-refractivity contribution in [2.24, 2.45) is 0 Å². The molecule has 0 bridgehead atoms. The van der Waals surface area contributed by atoms with Crippen LogP contribution in [0.2, 0.25) is 0 Å². The summed E-state index contributed by atoms with van der Waals surface area (Å²) in [5, 5.41) is 12.7. The molecule has 7 heteroatoms. The van der Waals surface area contributed by atoms with E-state index in [1.54, 1.807) is 11.2 Å². The van der Waals surface area contributed by atoms with Crippen molar-refractivity contribution in [2.45, 2.75) is 52.6 Å². The number of nitrogens with one attached hydrogen (secondary N) is 1. The Morgan fingerprint density at radius 1 is 1.17 bits per heavy atom. The van der Waals surface area contributed by atoms with Crippen LogP contribution in [-0.4, -0.2) is 46.4 Å². The summed E-state index contributed by atoms with van der Waals surface area (Å²) < 4.78 is 7.44. The Bertz CT molecular complexity index is 927. The maximum atomic E-state index is 5.52. The molecule has 0 unspecified atom stereocenters. The molecule has 1 aliphatic heterocycles. The normalized spacial score (nSPS) is 16.2. The first-order valence-electron chi connectivity index (χ1n) is 11.1. The molecule has 3 aromatic rings. The standard InChI is InChI=1S/C23H32N6O/c1-4-5-8-21(23-24-25-26-29(23)17-20-7-6-15-30-20)27-11-13-28(14-12-27)22-16-18(2)9-10-19(22)3/h6-7,9-10,15-16,21H,4-5,8,11-14,17H2,1-3H3/p+1/t21-/m1/s1. The molecule has 7 nitrogen and oxygen atoms in total. The summed E-state index contributed by atoms with van der Waals surface area (Å²) in [6.45, 7) is 11.5. The van der Waals surface area contributed by atoms with E-state index in [-0.39, 0.29) is 0 Å². The van der Waals surface area contributed by atoms with Crippen LogP contribution in [0.1, 0.15) is 54.9 Å². The summed E-state index contributed by atoms with van der Waals surface area (Å²) in [7, 11) is 0. The predicted octanol–water partition coefficient (Wildman–Crippen LogP) is 2.57. The molecule has 3 heterocycles. The molecular formula is C23H33N6O+. The zero-order valence-electron chi connectivity index (χ0n) is 18.3. The van der Waals surface area contributed by atoms with E-state index in [0.29, 0.717) is 12.6 Å². The third-order valence-corrected chi connectivity index (χ3v) is 6.21. The van der Waals surface area contributed by atoms with Gasteiger partial charge in [-0.2, -0.15) is 0 Å². The van der Waals surface area contributed by atoms with Crippen LogP contribution in [0, 0.1) is 13.8 Å². The number of hydrogen-bond acceptors (Lipinski definition) is 5. The van der Waals surface area contributed by atoms with Crippen molar-refractivity contribution in [3.8, 4) is 0 Å². The van der Waals surface area contributed by atoms with Gasteiger partial charge in [-0.3, -0.25) is 0 Å². The highest BCUT2D eigenvalue weighted by Crippen LogP contribution is 2.22. The average Bonchev–Trinajstić information content (AvgIpc) is 3.44. The van der Waals surface area contributed by atoms with E-state index in [9.17, 15) is 0 Å². The second-order valence-corrected chi connectivity index (χ2v) is 8.40. The summed E-state index contributed by atoms with van der Waals surface area (Å²) in [6.07, 6.45) is 5.17. The lowest BCUT2D eigenvalue weighted by Crippen LogP contribution is -3.15. The number of benzene rings is 1. The summed E-state index contributed by atoms with van der Waals surface area (Å²) in [6, 6.07) is 10.9. The smallest absolute Gasteiger partial charge is 0.209 e. The Morgan fingerprint density at radius 3 is 2.73 bits per heavy atom. The van der Waals surface area contributed by atoms with Crippen LogP contribution in [-0.2, 0) is 6.54 Å². The molecule has 1 N–H and O–H groups in total. The van der Waals surface area contributed by atoms with Gasteiger partial charge in [-0.1, -0.05) is 25.5 Å². The molecule has 1 atom stereocenters. The number of anilines is 1. The number of quaternary nitrogens is 1. The van der Waals surface area contributed by atoms with Crippen molar-refractivity contribution in [1.82, 2.24) is 20.2 Å². The Kier molecular flexibility index (Phi) is 6.47. The van der Waals surface area contributed by atoms with Crippen LogP contribution in [0.15, 0.2) is 41.0 Å². The van der Waals surface area contributed by atoms with Gasteiger partial charge in [0.2, 0.25) is 5.82 Å². The number of hydrogen-bond donors (Lipinski definition) is 1. The second kappa shape index (κ2) is 9.43. The fourth-order valence-corrected chi connectivity index (χ4v) is 4.49. The van der Waals surface area contributed by atoms with E-state index in [2.05, 4.69) is 59.4 Å². The van der Waals surface area contributed by atoms with Gasteiger partial charge in [0.25, 0.3) is 0 Å². The van der Waals surface area contributed by atoms with Gasteiger partial charge in [-0.25, -0.2) is 4.68 Å². The van der Waals surface area contributed by atoms with Gasteiger partial charge in [0.05, 0.1) is 32.4 Å². The molecule has 0 spiro atoms. The largest absolute Gasteiger partial charge is 0.467 e. The zero-order chi connectivity index (χ0) is 20.9. The van der Waals surface area contributed by atoms with Gasteiger partial charge in [0, 0.05) is 12.1 Å². The number of aryl methyl sites for hydroxylation is 2. The van der Waals surface area contributed by atoms with Gasteiger partial charge in [0.15, 0.2) is 0 Å². The molecule has 2 aromatic heterocycles. The minimum absolute atomic E-state index is 0.315. The van der Waals surface area contributed by atoms with Crippen LogP contribution in [0.4, 0.5) is 5.69 Å². The molecule has 160 valence electrons. The monoisotopic (exact) mass is 409 g/mol. The number of tetrazole rings is 1. The molecule has 4 rings (SSSR count). The summed E-state index contributed by atoms with van der Waals surface area (Å²) in [5.41, 5.74) is 4.05. The minimum Gasteiger partial charge on any atom is -0.467 e. The number of piperazine rings is 1. The molecule has 1 aliphatic rings. The highest BCUT2D eigenvalue weighted by atomic mass is 16.3. The summed E-state index contributed by atoms with van der Waals surface area (Å²) in [5.74, 6) is 1.86. The number of furan rings is 1. The first-order valence-corrected chi connectivity index (χ1v) is 11.1. The Labute approximate surface area is 178 Å². The lowest BCUT2D eigenvalue weighted by molar-refractivity contribution is -0.933. The molecule has 0 saturated carbocycles. The SMILES string of the molecule is CCCC[C@H](c1nnnn1Cc1ccco1)[NH+]1CCN(c2cc(C)ccc2C)CC1. The second-order valence-electron chi connectivity index (χ2n) is 8.40. The molecule has 0 radical (unpaired) electrons. The molecule has 30 heavy (non-hydrogen) atoms. The van der Waals surface area contributed by atoms with Gasteiger partial charge in [0.1, 0.15) is 18.3 Å². The van der Waals surface area contributed by atoms with Crippen molar-refractivity contribution in [2.75, 3.05) is 31.1 Å². The van der Waals surface area contributed by atoms with E-state index in [1.807, 2.05) is 16.8 Å². The molecule has 1 fully saturated rings. The van der Waals surface area contributed by atoms with Crippen molar-refractivity contribution in [3.63, 3.8) is 0 Å². The van der Waals surface area contributed by atoms with Crippen LogP contribution in [0.25, 0.3) is 0 Å². The number of aromatic nitrogens is 4. The molecule has 1 aromatic carbocycles. The maximum Gasteiger partial charge on any atom is 0.209 e. The third-order valence-electron chi connectivity index (χ3n) is 6.21.